The number of halogens is 1. The Hall–Kier alpha value is -3.12. The topological polar surface area (TPSA) is 68.5 Å². The molecule has 1 heterocycles. The van der Waals surface area contributed by atoms with Crippen molar-refractivity contribution in [2.45, 2.75) is 6.92 Å². The molecule has 0 aliphatic carbocycles. The minimum atomic E-state index is -0.420. The van der Waals surface area contributed by atoms with E-state index in [1.165, 1.54) is 10.9 Å². The lowest BCUT2D eigenvalue weighted by atomic mass is 10.2. The lowest BCUT2D eigenvalue weighted by molar-refractivity contribution is 0.340. The molecule has 2 aromatic carbocycles. The summed E-state index contributed by atoms with van der Waals surface area (Å²) in [5.74, 6) is 0.765. The van der Waals surface area contributed by atoms with Gasteiger partial charge in [0.2, 0.25) is 0 Å². The van der Waals surface area contributed by atoms with Gasteiger partial charge in [-0.3, -0.25) is 10.2 Å². The van der Waals surface area contributed by atoms with Gasteiger partial charge in [-0.15, -0.1) is 0 Å². The zero-order valence-corrected chi connectivity index (χ0v) is 14.8. The Labute approximate surface area is 155 Å². The van der Waals surface area contributed by atoms with E-state index in [4.69, 9.17) is 16.3 Å². The maximum Gasteiger partial charge on any atom is 0.292 e. The van der Waals surface area contributed by atoms with E-state index in [1.807, 2.05) is 49.4 Å². The first-order chi connectivity index (χ1) is 12.7. The molecule has 1 N–H and O–H groups in total. The van der Waals surface area contributed by atoms with Crippen LogP contribution >= 0.6 is 11.6 Å². The maximum absolute atomic E-state index is 12.4. The molecular weight excluding hydrogens is 352 g/mol. The first-order valence-corrected chi connectivity index (χ1v) is 8.42. The predicted molar refractivity (Wildman–Crippen MR) is 104 cm³/mol. The van der Waals surface area contributed by atoms with Gasteiger partial charge in [0.25, 0.3) is 5.56 Å². The van der Waals surface area contributed by atoms with Crippen molar-refractivity contribution < 1.29 is 4.74 Å². The summed E-state index contributed by atoms with van der Waals surface area (Å²) >= 11 is 6.17. The van der Waals surface area contributed by atoms with Gasteiger partial charge >= 0.3 is 0 Å². The second-order valence-electron chi connectivity index (χ2n) is 5.30. The molecule has 0 aliphatic heterocycles. The highest BCUT2D eigenvalue weighted by Crippen LogP contribution is 2.17. The molecule has 0 aliphatic rings. The number of hydrogen-bond donors (Lipinski definition) is 1. The van der Waals surface area contributed by atoms with E-state index in [1.54, 1.807) is 18.3 Å². The van der Waals surface area contributed by atoms with Gasteiger partial charge in [-0.1, -0.05) is 41.9 Å². The van der Waals surface area contributed by atoms with E-state index in [9.17, 15) is 4.79 Å². The van der Waals surface area contributed by atoms with E-state index >= 15 is 0 Å². The van der Waals surface area contributed by atoms with Gasteiger partial charge in [-0.25, -0.2) is 0 Å². The largest absolute Gasteiger partial charge is 0.494 e. The number of nitrogens with one attached hydrogen (secondary N) is 1. The molecule has 6 nitrogen and oxygen atoms in total. The first kappa shape index (κ1) is 17.7. The lowest BCUT2D eigenvalue weighted by Gasteiger charge is -2.07. The summed E-state index contributed by atoms with van der Waals surface area (Å²) < 4.78 is 6.68. The summed E-state index contributed by atoms with van der Waals surface area (Å²) in [6.45, 7) is 2.52. The molecule has 0 unspecified atom stereocenters. The first-order valence-electron chi connectivity index (χ1n) is 8.04. The van der Waals surface area contributed by atoms with Crippen molar-refractivity contribution in [2.24, 2.45) is 5.10 Å². The third-order valence-electron chi connectivity index (χ3n) is 3.49. The molecule has 3 rings (SSSR count). The van der Waals surface area contributed by atoms with E-state index in [2.05, 4.69) is 15.6 Å². The third kappa shape index (κ3) is 4.10. The minimum Gasteiger partial charge on any atom is -0.494 e. The van der Waals surface area contributed by atoms with Crippen LogP contribution in [0.4, 0.5) is 5.69 Å². The summed E-state index contributed by atoms with van der Waals surface area (Å²) in [5.41, 5.74) is 4.16. The summed E-state index contributed by atoms with van der Waals surface area (Å²) in [6, 6.07) is 16.6. The Morgan fingerprint density at radius 1 is 1.23 bits per heavy atom. The van der Waals surface area contributed by atoms with Crippen LogP contribution in [0.1, 0.15) is 12.5 Å². The van der Waals surface area contributed by atoms with Gasteiger partial charge in [0.05, 0.1) is 24.7 Å². The molecule has 0 fully saturated rings. The Bertz CT molecular complexity index is 971. The van der Waals surface area contributed by atoms with Gasteiger partial charge in [0.15, 0.2) is 0 Å². The average molecular weight is 369 g/mol. The van der Waals surface area contributed by atoms with Crippen molar-refractivity contribution in [1.82, 2.24) is 9.78 Å². The summed E-state index contributed by atoms with van der Waals surface area (Å²) in [4.78, 5) is 12.4. The van der Waals surface area contributed by atoms with Crippen molar-refractivity contribution in [2.75, 3.05) is 12.0 Å². The molecular formula is C19H17ClN4O2. The number of benzene rings is 2. The molecule has 0 saturated heterocycles. The average Bonchev–Trinajstić information content (AvgIpc) is 2.67. The molecule has 0 amide bonds. The van der Waals surface area contributed by atoms with Gasteiger partial charge < -0.3 is 4.74 Å². The fourth-order valence-electron chi connectivity index (χ4n) is 2.29. The van der Waals surface area contributed by atoms with E-state index in [0.29, 0.717) is 18.0 Å². The Morgan fingerprint density at radius 3 is 2.81 bits per heavy atom. The highest BCUT2D eigenvalue weighted by Gasteiger charge is 2.09. The molecule has 0 saturated carbocycles. The summed E-state index contributed by atoms with van der Waals surface area (Å²) in [7, 11) is 0. The zero-order chi connectivity index (χ0) is 18.4. The van der Waals surface area contributed by atoms with Crippen LogP contribution in [-0.2, 0) is 0 Å². The normalized spacial score (nSPS) is 10.8. The summed E-state index contributed by atoms with van der Waals surface area (Å²) in [6.07, 6.45) is 3.08. The number of hydrogen-bond acceptors (Lipinski definition) is 5. The van der Waals surface area contributed by atoms with E-state index < -0.39 is 5.56 Å². The fourth-order valence-corrected chi connectivity index (χ4v) is 2.46. The van der Waals surface area contributed by atoms with E-state index in [-0.39, 0.29) is 5.02 Å². The standard InChI is InChI=1S/C19H17ClN4O2/c1-2-26-16-10-6-7-14(11-16)12-21-23-17-13-22-24(19(25)18(17)20)15-8-4-3-5-9-15/h3-13,23H,2H2,1H3/b21-12+. The monoisotopic (exact) mass is 368 g/mol. The number of rotatable bonds is 6. The maximum atomic E-state index is 12.4. The molecule has 3 aromatic rings. The molecule has 0 spiro atoms. The molecule has 0 radical (unpaired) electrons. The van der Waals surface area contributed by atoms with Gasteiger partial charge in [0.1, 0.15) is 16.5 Å². The highest BCUT2D eigenvalue weighted by molar-refractivity contribution is 6.32. The van der Waals surface area contributed by atoms with Crippen molar-refractivity contribution in [1.29, 1.82) is 0 Å². The number of aromatic nitrogens is 2. The third-order valence-corrected chi connectivity index (χ3v) is 3.85. The van der Waals surface area contributed by atoms with Crippen molar-refractivity contribution in [3.05, 3.63) is 81.7 Å². The molecule has 7 heteroatoms. The Balaban J connectivity index is 1.78. The van der Waals surface area contributed by atoms with Crippen LogP contribution in [0.25, 0.3) is 5.69 Å². The smallest absolute Gasteiger partial charge is 0.292 e. The van der Waals surface area contributed by atoms with Crippen LogP contribution in [-0.4, -0.2) is 22.6 Å². The molecule has 0 atom stereocenters. The number of hydrazone groups is 1. The predicted octanol–water partition coefficient (Wildman–Crippen LogP) is 3.73. The van der Waals surface area contributed by atoms with E-state index in [0.717, 1.165) is 11.3 Å². The SMILES string of the molecule is CCOc1cccc(/C=N/Nc2cnn(-c3ccccc3)c(=O)c2Cl)c1. The number of anilines is 1. The summed E-state index contributed by atoms with van der Waals surface area (Å²) in [5, 5.41) is 8.27. The number of nitrogens with zero attached hydrogens (tertiary/aromatic N) is 3. The quantitative estimate of drug-likeness (QED) is 0.531. The second-order valence-corrected chi connectivity index (χ2v) is 5.68. The van der Waals surface area contributed by atoms with Crippen molar-refractivity contribution in [3.63, 3.8) is 0 Å². The fraction of sp³-hybridized carbons (Fsp3) is 0.105. The van der Waals surface area contributed by atoms with Crippen LogP contribution in [0.3, 0.4) is 0 Å². The Morgan fingerprint density at radius 2 is 2.04 bits per heavy atom. The van der Waals surface area contributed by atoms with Gasteiger partial charge in [-0.05, 0) is 36.8 Å². The van der Waals surface area contributed by atoms with Crippen LogP contribution < -0.4 is 15.7 Å². The van der Waals surface area contributed by atoms with Crippen LogP contribution in [0.2, 0.25) is 5.02 Å². The van der Waals surface area contributed by atoms with Crippen LogP contribution in [0.15, 0.2) is 70.7 Å². The molecule has 1 aromatic heterocycles. The highest BCUT2D eigenvalue weighted by atomic mass is 35.5. The second kappa shape index (κ2) is 8.31. The molecule has 26 heavy (non-hydrogen) atoms. The zero-order valence-electron chi connectivity index (χ0n) is 14.1. The molecule has 132 valence electrons. The van der Waals surface area contributed by atoms with Crippen molar-refractivity contribution >= 4 is 23.5 Å². The molecule has 0 bridgehead atoms. The minimum absolute atomic E-state index is 0.0177. The Kier molecular flexibility index (Phi) is 5.66. The van der Waals surface area contributed by atoms with Crippen LogP contribution in [0.5, 0.6) is 5.75 Å². The van der Waals surface area contributed by atoms with Crippen molar-refractivity contribution in [3.8, 4) is 11.4 Å². The van der Waals surface area contributed by atoms with Crippen LogP contribution in [0, 0.1) is 0 Å². The number of para-hydroxylation sites is 1. The number of ether oxygens (including phenoxy) is 1. The van der Waals surface area contributed by atoms with Gasteiger partial charge in [-0.2, -0.15) is 14.9 Å². The lowest BCUT2D eigenvalue weighted by Crippen LogP contribution is -2.22. The van der Waals surface area contributed by atoms with Gasteiger partial charge in [0, 0.05) is 0 Å².